The molecular weight excluding hydrogens is 180 g/mol. The smallest absolute Gasteiger partial charge is 0.220 e. The van der Waals surface area contributed by atoms with E-state index in [-0.39, 0.29) is 11.8 Å². The van der Waals surface area contributed by atoms with E-state index in [4.69, 9.17) is 10.2 Å². The quantitative estimate of drug-likeness (QED) is 0.734. The highest BCUT2D eigenvalue weighted by molar-refractivity contribution is 5.76. The molecule has 0 aliphatic carbocycles. The van der Waals surface area contributed by atoms with E-state index >= 15 is 0 Å². The summed E-state index contributed by atoms with van der Waals surface area (Å²) in [5, 5.41) is 2.80. The van der Waals surface area contributed by atoms with Gasteiger partial charge in [0.1, 0.15) is 0 Å². The lowest BCUT2D eigenvalue weighted by Crippen LogP contribution is -2.26. The van der Waals surface area contributed by atoms with Crippen LogP contribution in [0.1, 0.15) is 18.9 Å². The molecular formula is C10H16N2O2. The molecule has 1 atom stereocenters. The van der Waals surface area contributed by atoms with Gasteiger partial charge >= 0.3 is 0 Å². The fourth-order valence-electron chi connectivity index (χ4n) is 1.07. The molecule has 14 heavy (non-hydrogen) atoms. The lowest BCUT2D eigenvalue weighted by atomic mass is 10.1. The first-order valence-corrected chi connectivity index (χ1v) is 4.70. The van der Waals surface area contributed by atoms with Crippen LogP contribution in [-0.4, -0.2) is 12.5 Å². The minimum absolute atomic E-state index is 0.0316. The first kappa shape index (κ1) is 10.8. The highest BCUT2D eigenvalue weighted by Gasteiger charge is 2.06. The average Bonchev–Trinajstić information content (AvgIpc) is 2.67. The molecule has 1 aromatic heterocycles. The summed E-state index contributed by atoms with van der Waals surface area (Å²) in [7, 11) is 0. The van der Waals surface area contributed by atoms with Crippen LogP contribution in [0, 0.1) is 5.92 Å². The third kappa shape index (κ3) is 3.62. The van der Waals surface area contributed by atoms with Gasteiger partial charge in [0, 0.05) is 18.5 Å². The minimum atomic E-state index is 0.0316. The van der Waals surface area contributed by atoms with Crippen molar-refractivity contribution in [1.29, 1.82) is 0 Å². The summed E-state index contributed by atoms with van der Waals surface area (Å²) in [5.41, 5.74) is 6.39. The van der Waals surface area contributed by atoms with Crippen LogP contribution >= 0.6 is 0 Å². The summed E-state index contributed by atoms with van der Waals surface area (Å²) in [5.74, 6) is 0.267. The highest BCUT2D eigenvalue weighted by Crippen LogP contribution is 2.01. The number of rotatable bonds is 5. The summed E-state index contributed by atoms with van der Waals surface area (Å²) in [6.07, 6.45) is 3.69. The van der Waals surface area contributed by atoms with Crippen molar-refractivity contribution in [2.24, 2.45) is 11.7 Å². The molecule has 78 valence electrons. The Morgan fingerprint density at radius 3 is 3.07 bits per heavy atom. The molecule has 1 unspecified atom stereocenters. The second-order valence-electron chi connectivity index (χ2n) is 3.45. The maximum atomic E-state index is 11.3. The van der Waals surface area contributed by atoms with Gasteiger partial charge in [0.25, 0.3) is 0 Å². The molecule has 0 fully saturated rings. The van der Waals surface area contributed by atoms with Crippen molar-refractivity contribution in [3.63, 3.8) is 0 Å². The number of furan rings is 1. The largest absolute Gasteiger partial charge is 0.472 e. The van der Waals surface area contributed by atoms with Crippen molar-refractivity contribution in [2.45, 2.75) is 19.9 Å². The predicted molar refractivity (Wildman–Crippen MR) is 53.4 cm³/mol. The van der Waals surface area contributed by atoms with Gasteiger partial charge in [-0.1, -0.05) is 6.92 Å². The third-order valence-corrected chi connectivity index (χ3v) is 2.01. The first-order chi connectivity index (χ1) is 6.72. The van der Waals surface area contributed by atoms with E-state index in [1.807, 2.05) is 13.0 Å². The lowest BCUT2D eigenvalue weighted by Gasteiger charge is -2.07. The topological polar surface area (TPSA) is 68.3 Å². The van der Waals surface area contributed by atoms with E-state index in [0.717, 1.165) is 5.56 Å². The Hall–Kier alpha value is -1.29. The lowest BCUT2D eigenvalue weighted by molar-refractivity contribution is -0.122. The third-order valence-electron chi connectivity index (χ3n) is 2.01. The standard InChI is InChI=1S/C10H16N2O2/c1-8(5-11)4-10(13)12-6-9-2-3-14-7-9/h2-3,7-8H,4-6,11H2,1H3,(H,12,13). The van der Waals surface area contributed by atoms with E-state index < -0.39 is 0 Å². The molecule has 4 nitrogen and oxygen atoms in total. The molecule has 0 aliphatic rings. The van der Waals surface area contributed by atoms with Crippen molar-refractivity contribution in [1.82, 2.24) is 5.32 Å². The van der Waals surface area contributed by atoms with E-state index in [0.29, 0.717) is 19.5 Å². The second kappa shape index (κ2) is 5.44. The van der Waals surface area contributed by atoms with Gasteiger partial charge in [-0.05, 0) is 18.5 Å². The van der Waals surface area contributed by atoms with Crippen LogP contribution in [0.3, 0.4) is 0 Å². The summed E-state index contributed by atoms with van der Waals surface area (Å²) >= 11 is 0. The zero-order valence-electron chi connectivity index (χ0n) is 8.32. The van der Waals surface area contributed by atoms with E-state index in [2.05, 4.69) is 5.32 Å². The SMILES string of the molecule is CC(CN)CC(=O)NCc1ccoc1. The summed E-state index contributed by atoms with van der Waals surface area (Å²) in [4.78, 5) is 11.3. The molecule has 1 amide bonds. The molecule has 1 heterocycles. The summed E-state index contributed by atoms with van der Waals surface area (Å²) in [6.45, 7) is 3.02. The van der Waals surface area contributed by atoms with Gasteiger partial charge in [0.2, 0.25) is 5.91 Å². The Balaban J connectivity index is 2.22. The zero-order chi connectivity index (χ0) is 10.4. The predicted octanol–water partition coefficient (Wildman–Crippen LogP) is 0.881. The van der Waals surface area contributed by atoms with Crippen LogP contribution in [0.25, 0.3) is 0 Å². The van der Waals surface area contributed by atoms with Crippen LogP contribution in [0.5, 0.6) is 0 Å². The van der Waals surface area contributed by atoms with Crippen LogP contribution in [0.2, 0.25) is 0 Å². The molecule has 4 heteroatoms. The Morgan fingerprint density at radius 2 is 2.50 bits per heavy atom. The maximum Gasteiger partial charge on any atom is 0.220 e. The van der Waals surface area contributed by atoms with Crippen LogP contribution in [0.4, 0.5) is 0 Å². The van der Waals surface area contributed by atoms with Crippen molar-refractivity contribution >= 4 is 5.91 Å². The molecule has 1 rings (SSSR count). The maximum absolute atomic E-state index is 11.3. The fourth-order valence-corrected chi connectivity index (χ4v) is 1.07. The summed E-state index contributed by atoms with van der Waals surface area (Å²) in [6, 6.07) is 1.83. The Bertz CT molecular complexity index is 270. The van der Waals surface area contributed by atoms with E-state index in [1.165, 1.54) is 0 Å². The normalized spacial score (nSPS) is 12.4. The second-order valence-corrected chi connectivity index (χ2v) is 3.45. The Kier molecular flexibility index (Phi) is 4.19. The molecule has 0 radical (unpaired) electrons. The molecule has 0 aromatic carbocycles. The molecule has 0 saturated heterocycles. The van der Waals surface area contributed by atoms with Gasteiger partial charge in [-0.3, -0.25) is 4.79 Å². The van der Waals surface area contributed by atoms with E-state index in [9.17, 15) is 4.79 Å². The van der Waals surface area contributed by atoms with Crippen molar-refractivity contribution in [3.05, 3.63) is 24.2 Å². The number of carbonyl (C=O) groups is 1. The molecule has 0 aliphatic heterocycles. The van der Waals surface area contributed by atoms with Crippen LogP contribution < -0.4 is 11.1 Å². The van der Waals surface area contributed by atoms with Crippen LogP contribution in [0.15, 0.2) is 23.0 Å². The number of hydrogen-bond acceptors (Lipinski definition) is 3. The van der Waals surface area contributed by atoms with Gasteiger partial charge in [-0.15, -0.1) is 0 Å². The van der Waals surface area contributed by atoms with Gasteiger partial charge in [-0.25, -0.2) is 0 Å². The molecule has 3 N–H and O–H groups in total. The van der Waals surface area contributed by atoms with Crippen molar-refractivity contribution in [2.75, 3.05) is 6.54 Å². The van der Waals surface area contributed by atoms with Gasteiger partial charge in [0.15, 0.2) is 0 Å². The minimum Gasteiger partial charge on any atom is -0.472 e. The Labute approximate surface area is 83.5 Å². The number of hydrogen-bond donors (Lipinski definition) is 2. The number of nitrogens with one attached hydrogen (secondary N) is 1. The molecule has 0 saturated carbocycles. The number of amides is 1. The molecule has 0 bridgehead atoms. The van der Waals surface area contributed by atoms with Crippen LogP contribution in [-0.2, 0) is 11.3 Å². The number of carbonyl (C=O) groups excluding carboxylic acids is 1. The fraction of sp³-hybridized carbons (Fsp3) is 0.500. The Morgan fingerprint density at radius 1 is 1.71 bits per heavy atom. The first-order valence-electron chi connectivity index (χ1n) is 4.70. The molecule has 1 aromatic rings. The highest BCUT2D eigenvalue weighted by atomic mass is 16.3. The van der Waals surface area contributed by atoms with Crippen molar-refractivity contribution in [3.8, 4) is 0 Å². The zero-order valence-corrected chi connectivity index (χ0v) is 8.32. The van der Waals surface area contributed by atoms with Crippen molar-refractivity contribution < 1.29 is 9.21 Å². The summed E-state index contributed by atoms with van der Waals surface area (Å²) < 4.78 is 4.88. The average molecular weight is 196 g/mol. The van der Waals surface area contributed by atoms with E-state index in [1.54, 1.807) is 12.5 Å². The van der Waals surface area contributed by atoms with Gasteiger partial charge in [-0.2, -0.15) is 0 Å². The molecule has 0 spiro atoms. The monoisotopic (exact) mass is 196 g/mol. The van der Waals surface area contributed by atoms with Gasteiger partial charge < -0.3 is 15.5 Å². The van der Waals surface area contributed by atoms with Gasteiger partial charge in [0.05, 0.1) is 12.5 Å². The number of nitrogens with two attached hydrogens (primary N) is 1.